The topological polar surface area (TPSA) is 67.8 Å². The molecule has 0 saturated heterocycles. The predicted molar refractivity (Wildman–Crippen MR) is 81.3 cm³/mol. The van der Waals surface area contributed by atoms with Crippen LogP contribution in [0.2, 0.25) is 0 Å². The summed E-state index contributed by atoms with van der Waals surface area (Å²) in [5.74, 6) is 0.866. The summed E-state index contributed by atoms with van der Waals surface area (Å²) in [4.78, 5) is 11.8. The maximum absolute atomic E-state index is 11.8. The van der Waals surface area contributed by atoms with Crippen molar-refractivity contribution in [1.82, 2.24) is 5.32 Å². The average Bonchev–Trinajstić information content (AvgIpc) is 2.47. The number of carbonyl (C=O) groups excluding carboxylic acids is 1. The van der Waals surface area contributed by atoms with Crippen molar-refractivity contribution >= 4 is 6.09 Å². The number of carbonyl (C=O) groups is 1. The third-order valence-corrected chi connectivity index (χ3v) is 3.52. The number of aliphatic hydroxyl groups is 1. The quantitative estimate of drug-likeness (QED) is 0.811. The monoisotopic (exact) mass is 295 g/mol. The van der Waals surface area contributed by atoms with Crippen LogP contribution in [-0.2, 0) is 4.74 Å². The Balaban J connectivity index is 3.01. The van der Waals surface area contributed by atoms with Gasteiger partial charge in [-0.1, -0.05) is 26.0 Å². The van der Waals surface area contributed by atoms with Gasteiger partial charge >= 0.3 is 6.09 Å². The molecule has 0 saturated carbocycles. The molecule has 21 heavy (non-hydrogen) atoms. The highest BCUT2D eigenvalue weighted by molar-refractivity contribution is 5.68. The van der Waals surface area contributed by atoms with E-state index in [0.717, 1.165) is 11.3 Å². The first kappa shape index (κ1) is 17.3. The lowest BCUT2D eigenvalue weighted by molar-refractivity contribution is 0.122. The van der Waals surface area contributed by atoms with Gasteiger partial charge in [-0.15, -0.1) is 0 Å². The van der Waals surface area contributed by atoms with Gasteiger partial charge in [-0.05, 0) is 30.5 Å². The summed E-state index contributed by atoms with van der Waals surface area (Å²) in [6, 6.07) is 7.15. The van der Waals surface area contributed by atoms with E-state index >= 15 is 0 Å². The minimum Gasteiger partial charge on any atom is -0.497 e. The first-order chi connectivity index (χ1) is 10.0. The van der Waals surface area contributed by atoms with Crippen LogP contribution < -0.4 is 10.1 Å². The normalized spacial score (nSPS) is 13.6. The molecule has 1 aromatic rings. The molecular weight excluding hydrogens is 270 g/mol. The molecule has 0 aliphatic carbocycles. The maximum atomic E-state index is 11.8. The van der Waals surface area contributed by atoms with E-state index in [4.69, 9.17) is 9.47 Å². The zero-order chi connectivity index (χ0) is 15.8. The molecule has 0 heterocycles. The highest BCUT2D eigenvalue weighted by Crippen LogP contribution is 2.29. The van der Waals surface area contributed by atoms with E-state index in [2.05, 4.69) is 5.32 Å². The van der Waals surface area contributed by atoms with E-state index in [0.29, 0.717) is 6.61 Å². The molecule has 118 valence electrons. The standard InChI is InChI=1S/C16H25NO4/c1-5-21-16(19)17-15(14(10-18)11(2)3)12-6-8-13(20-4)9-7-12/h6-9,11,14-15,18H,5,10H2,1-4H3,(H,17,19)/t14-,15-/m0/s1. The van der Waals surface area contributed by atoms with Crippen molar-refractivity contribution in [2.75, 3.05) is 20.3 Å². The molecule has 0 bridgehead atoms. The van der Waals surface area contributed by atoms with Crippen LogP contribution in [0.1, 0.15) is 32.4 Å². The van der Waals surface area contributed by atoms with E-state index in [1.54, 1.807) is 14.0 Å². The Morgan fingerprint density at radius 3 is 2.33 bits per heavy atom. The molecule has 0 aliphatic rings. The molecule has 1 aromatic carbocycles. The first-order valence-corrected chi connectivity index (χ1v) is 7.21. The molecule has 5 nitrogen and oxygen atoms in total. The van der Waals surface area contributed by atoms with Gasteiger partial charge in [-0.25, -0.2) is 4.79 Å². The Labute approximate surface area is 126 Å². The molecule has 5 heteroatoms. The van der Waals surface area contributed by atoms with Crippen molar-refractivity contribution < 1.29 is 19.4 Å². The molecule has 2 atom stereocenters. The van der Waals surface area contributed by atoms with Crippen molar-refractivity contribution in [3.63, 3.8) is 0 Å². The number of ether oxygens (including phenoxy) is 2. The Kier molecular flexibility index (Phi) is 7.02. The van der Waals surface area contributed by atoms with Crippen LogP contribution in [0.5, 0.6) is 5.75 Å². The second-order valence-corrected chi connectivity index (χ2v) is 5.21. The van der Waals surface area contributed by atoms with Crippen LogP contribution in [0, 0.1) is 11.8 Å². The van der Waals surface area contributed by atoms with Crippen LogP contribution in [0.3, 0.4) is 0 Å². The van der Waals surface area contributed by atoms with Crippen molar-refractivity contribution in [3.05, 3.63) is 29.8 Å². The number of benzene rings is 1. The molecule has 0 radical (unpaired) electrons. The lowest BCUT2D eigenvalue weighted by Gasteiger charge is -2.29. The molecule has 1 amide bonds. The summed E-state index contributed by atoms with van der Waals surface area (Å²) in [6.45, 7) is 6.09. The molecule has 0 aromatic heterocycles. The minimum absolute atomic E-state index is 0.0131. The van der Waals surface area contributed by atoms with Gasteiger partial charge in [0.1, 0.15) is 5.75 Å². The Morgan fingerprint density at radius 2 is 1.90 bits per heavy atom. The minimum atomic E-state index is -0.475. The van der Waals surface area contributed by atoms with Crippen LogP contribution >= 0.6 is 0 Å². The van der Waals surface area contributed by atoms with Crippen molar-refractivity contribution in [2.45, 2.75) is 26.8 Å². The third kappa shape index (κ3) is 4.93. The number of methoxy groups -OCH3 is 1. The van der Waals surface area contributed by atoms with Gasteiger partial charge in [-0.3, -0.25) is 0 Å². The van der Waals surface area contributed by atoms with E-state index in [9.17, 15) is 9.90 Å². The summed E-state index contributed by atoms with van der Waals surface area (Å²) in [5, 5.41) is 12.5. The summed E-state index contributed by atoms with van der Waals surface area (Å²) in [6.07, 6.45) is -0.475. The summed E-state index contributed by atoms with van der Waals surface area (Å²) >= 11 is 0. The Morgan fingerprint density at radius 1 is 1.29 bits per heavy atom. The number of alkyl carbamates (subject to hydrolysis) is 1. The van der Waals surface area contributed by atoms with Gasteiger partial charge in [-0.2, -0.15) is 0 Å². The predicted octanol–water partition coefficient (Wildman–Crippen LogP) is 2.75. The molecular formula is C16H25NO4. The number of amides is 1. The van der Waals surface area contributed by atoms with Gasteiger partial charge in [0.25, 0.3) is 0 Å². The fourth-order valence-corrected chi connectivity index (χ4v) is 2.25. The van der Waals surface area contributed by atoms with Gasteiger partial charge in [0.2, 0.25) is 0 Å². The highest BCUT2D eigenvalue weighted by atomic mass is 16.5. The van der Waals surface area contributed by atoms with E-state index in [-0.39, 0.29) is 24.5 Å². The van der Waals surface area contributed by atoms with Crippen molar-refractivity contribution in [1.29, 1.82) is 0 Å². The first-order valence-electron chi connectivity index (χ1n) is 7.21. The second kappa shape index (κ2) is 8.52. The van der Waals surface area contributed by atoms with Crippen LogP contribution in [0.25, 0.3) is 0 Å². The van der Waals surface area contributed by atoms with Gasteiger partial charge in [0.05, 0.1) is 19.8 Å². The highest BCUT2D eigenvalue weighted by Gasteiger charge is 2.27. The fourth-order valence-electron chi connectivity index (χ4n) is 2.25. The molecule has 0 aliphatic heterocycles. The Hall–Kier alpha value is -1.75. The lowest BCUT2D eigenvalue weighted by atomic mass is 9.85. The number of rotatable bonds is 7. The number of hydrogen-bond acceptors (Lipinski definition) is 4. The average molecular weight is 295 g/mol. The van der Waals surface area contributed by atoms with E-state index in [1.165, 1.54) is 0 Å². The van der Waals surface area contributed by atoms with E-state index in [1.807, 2.05) is 38.1 Å². The SMILES string of the molecule is CCOC(=O)N[C@@H](c1ccc(OC)cc1)[C@@H](CO)C(C)C. The molecule has 1 rings (SSSR count). The number of nitrogens with one attached hydrogen (secondary N) is 1. The van der Waals surface area contributed by atoms with Gasteiger partial charge in [0.15, 0.2) is 0 Å². The fraction of sp³-hybridized carbons (Fsp3) is 0.562. The zero-order valence-corrected chi connectivity index (χ0v) is 13.1. The number of aliphatic hydroxyl groups excluding tert-OH is 1. The van der Waals surface area contributed by atoms with Crippen molar-refractivity contribution in [3.8, 4) is 5.75 Å². The molecule has 0 fully saturated rings. The second-order valence-electron chi connectivity index (χ2n) is 5.21. The van der Waals surface area contributed by atoms with Crippen LogP contribution in [-0.4, -0.2) is 31.5 Å². The maximum Gasteiger partial charge on any atom is 0.407 e. The summed E-state index contributed by atoms with van der Waals surface area (Å²) in [7, 11) is 1.61. The van der Waals surface area contributed by atoms with Gasteiger partial charge < -0.3 is 19.9 Å². The van der Waals surface area contributed by atoms with Gasteiger partial charge in [0, 0.05) is 12.5 Å². The molecule has 0 spiro atoms. The van der Waals surface area contributed by atoms with Crippen LogP contribution in [0.15, 0.2) is 24.3 Å². The summed E-state index contributed by atoms with van der Waals surface area (Å²) in [5.41, 5.74) is 0.914. The lowest BCUT2D eigenvalue weighted by Crippen LogP contribution is -2.37. The van der Waals surface area contributed by atoms with Crippen LogP contribution in [0.4, 0.5) is 4.79 Å². The Bertz CT molecular complexity index is 430. The van der Waals surface area contributed by atoms with E-state index < -0.39 is 6.09 Å². The summed E-state index contributed by atoms with van der Waals surface area (Å²) < 4.78 is 10.1. The third-order valence-electron chi connectivity index (χ3n) is 3.52. The smallest absolute Gasteiger partial charge is 0.407 e. The van der Waals surface area contributed by atoms with Crippen molar-refractivity contribution in [2.24, 2.45) is 11.8 Å². The largest absolute Gasteiger partial charge is 0.497 e. The molecule has 0 unspecified atom stereocenters. The molecule has 2 N–H and O–H groups in total. The number of hydrogen-bond donors (Lipinski definition) is 2. The zero-order valence-electron chi connectivity index (χ0n) is 13.1.